The molecule has 1 heterocycles. The molecule has 0 unspecified atom stereocenters. The van der Waals surface area contributed by atoms with Crippen LogP contribution in [0.2, 0.25) is 0 Å². The van der Waals surface area contributed by atoms with Gasteiger partial charge in [0.15, 0.2) is 0 Å². The molecule has 160 valence electrons. The predicted octanol–water partition coefficient (Wildman–Crippen LogP) is 2.40. The number of benzene rings is 2. The highest BCUT2D eigenvalue weighted by atomic mass is 16.2. The minimum atomic E-state index is -0.896. The zero-order valence-corrected chi connectivity index (χ0v) is 17.4. The first-order valence-corrected chi connectivity index (χ1v) is 10.2. The number of primary amides is 1. The van der Waals surface area contributed by atoms with E-state index in [1.165, 1.54) is 0 Å². The standard InChI is InChI=1S/C24H26N4O3/c1-16(17-7-3-2-4-8-17)26-22(29)13-14-23(30)28-21(24(25)31)15-19-12-11-18-9-5-6-10-20(18)27-19/h2-12,16,21H,13-15H2,1H3,(H2,25,31)(H,26,29)(H,28,30)/t16-,21-/m1/s1. The molecule has 0 saturated carbocycles. The summed E-state index contributed by atoms with van der Waals surface area (Å²) in [5.74, 6) is -1.30. The maximum Gasteiger partial charge on any atom is 0.240 e. The second kappa shape index (κ2) is 10.3. The molecule has 0 aliphatic heterocycles. The van der Waals surface area contributed by atoms with Crippen molar-refractivity contribution < 1.29 is 14.4 Å². The molecule has 2 atom stereocenters. The Morgan fingerprint density at radius 2 is 1.52 bits per heavy atom. The number of carbonyl (C=O) groups is 3. The highest BCUT2D eigenvalue weighted by molar-refractivity contribution is 5.89. The second-order valence-electron chi connectivity index (χ2n) is 7.42. The summed E-state index contributed by atoms with van der Waals surface area (Å²) in [6, 6.07) is 19.9. The molecule has 0 aliphatic rings. The van der Waals surface area contributed by atoms with E-state index in [0.29, 0.717) is 5.69 Å². The van der Waals surface area contributed by atoms with Gasteiger partial charge in [-0.1, -0.05) is 54.6 Å². The summed E-state index contributed by atoms with van der Waals surface area (Å²) in [7, 11) is 0. The van der Waals surface area contributed by atoms with Gasteiger partial charge in [-0.05, 0) is 24.6 Å². The van der Waals surface area contributed by atoms with Crippen LogP contribution >= 0.6 is 0 Å². The van der Waals surface area contributed by atoms with E-state index < -0.39 is 17.9 Å². The van der Waals surface area contributed by atoms with Gasteiger partial charge in [0.2, 0.25) is 17.7 Å². The van der Waals surface area contributed by atoms with Gasteiger partial charge in [0.1, 0.15) is 6.04 Å². The SMILES string of the molecule is C[C@@H](NC(=O)CCC(=O)N[C@H](Cc1ccc2ccccc2n1)C(N)=O)c1ccccc1. The fourth-order valence-corrected chi connectivity index (χ4v) is 3.29. The first-order valence-electron chi connectivity index (χ1n) is 10.2. The Kier molecular flexibility index (Phi) is 7.32. The van der Waals surface area contributed by atoms with Crippen molar-refractivity contribution >= 4 is 28.6 Å². The van der Waals surface area contributed by atoms with Crippen LogP contribution in [0, 0.1) is 0 Å². The van der Waals surface area contributed by atoms with Gasteiger partial charge >= 0.3 is 0 Å². The lowest BCUT2D eigenvalue weighted by Gasteiger charge is -2.16. The lowest BCUT2D eigenvalue weighted by Crippen LogP contribution is -2.46. The number of amides is 3. The topological polar surface area (TPSA) is 114 Å². The molecule has 0 bridgehead atoms. The van der Waals surface area contributed by atoms with Gasteiger partial charge in [-0.3, -0.25) is 19.4 Å². The zero-order chi connectivity index (χ0) is 22.2. The van der Waals surface area contributed by atoms with Crippen LogP contribution in [0.25, 0.3) is 10.9 Å². The lowest BCUT2D eigenvalue weighted by molar-refractivity contribution is -0.129. The minimum absolute atomic E-state index is 0.0166. The molecule has 7 heteroatoms. The summed E-state index contributed by atoms with van der Waals surface area (Å²) < 4.78 is 0. The van der Waals surface area contributed by atoms with Crippen LogP contribution in [0.4, 0.5) is 0 Å². The molecule has 3 aromatic rings. The minimum Gasteiger partial charge on any atom is -0.368 e. The third-order valence-corrected chi connectivity index (χ3v) is 5.00. The quantitative estimate of drug-likeness (QED) is 0.495. The molecule has 0 fully saturated rings. The van der Waals surface area contributed by atoms with Crippen molar-refractivity contribution in [2.75, 3.05) is 0 Å². The number of para-hydroxylation sites is 1. The number of nitrogens with one attached hydrogen (secondary N) is 2. The van der Waals surface area contributed by atoms with E-state index in [-0.39, 0.29) is 31.2 Å². The number of pyridine rings is 1. The zero-order valence-electron chi connectivity index (χ0n) is 17.4. The summed E-state index contributed by atoms with van der Waals surface area (Å²) in [6.45, 7) is 1.88. The van der Waals surface area contributed by atoms with Crippen LogP contribution in [0.3, 0.4) is 0 Å². The molecule has 0 spiro atoms. The van der Waals surface area contributed by atoms with Gasteiger partial charge in [-0.15, -0.1) is 0 Å². The van der Waals surface area contributed by atoms with Crippen LogP contribution in [-0.4, -0.2) is 28.7 Å². The smallest absolute Gasteiger partial charge is 0.240 e. The normalized spacial score (nSPS) is 12.7. The second-order valence-corrected chi connectivity index (χ2v) is 7.42. The summed E-state index contributed by atoms with van der Waals surface area (Å²) >= 11 is 0. The molecule has 3 amide bonds. The first kappa shape index (κ1) is 22.0. The number of hydrogen-bond donors (Lipinski definition) is 3. The fourth-order valence-electron chi connectivity index (χ4n) is 3.29. The Hall–Kier alpha value is -3.74. The van der Waals surface area contributed by atoms with Crippen molar-refractivity contribution in [2.24, 2.45) is 5.73 Å². The first-order chi connectivity index (χ1) is 14.9. The van der Waals surface area contributed by atoms with E-state index in [1.807, 2.05) is 73.7 Å². The Morgan fingerprint density at radius 1 is 0.871 bits per heavy atom. The maximum absolute atomic E-state index is 12.3. The number of nitrogens with two attached hydrogens (primary N) is 1. The monoisotopic (exact) mass is 418 g/mol. The summed E-state index contributed by atoms with van der Waals surface area (Å²) in [6.07, 6.45) is 0.161. The van der Waals surface area contributed by atoms with E-state index in [4.69, 9.17) is 5.73 Å². The van der Waals surface area contributed by atoms with Crippen molar-refractivity contribution in [3.05, 3.63) is 78.0 Å². The Balaban J connectivity index is 1.51. The van der Waals surface area contributed by atoms with Crippen LogP contribution < -0.4 is 16.4 Å². The van der Waals surface area contributed by atoms with Crippen LogP contribution in [0.1, 0.15) is 37.1 Å². The van der Waals surface area contributed by atoms with E-state index in [1.54, 1.807) is 0 Å². The largest absolute Gasteiger partial charge is 0.368 e. The van der Waals surface area contributed by atoms with Crippen molar-refractivity contribution in [3.8, 4) is 0 Å². The van der Waals surface area contributed by atoms with Crippen LogP contribution in [-0.2, 0) is 20.8 Å². The Bertz CT molecular complexity index is 1070. The molecule has 0 saturated heterocycles. The maximum atomic E-state index is 12.3. The highest BCUT2D eigenvalue weighted by Gasteiger charge is 2.20. The average molecular weight is 418 g/mol. The fraction of sp³-hybridized carbons (Fsp3) is 0.250. The molecular formula is C24H26N4O3. The van der Waals surface area contributed by atoms with Gasteiger partial charge in [-0.25, -0.2) is 0 Å². The van der Waals surface area contributed by atoms with Crippen molar-refractivity contribution in [2.45, 2.75) is 38.3 Å². The molecule has 2 aromatic carbocycles. The molecular weight excluding hydrogens is 392 g/mol. The summed E-state index contributed by atoms with van der Waals surface area (Å²) in [4.78, 5) is 40.8. The number of hydrogen-bond acceptors (Lipinski definition) is 4. The number of carbonyl (C=O) groups excluding carboxylic acids is 3. The van der Waals surface area contributed by atoms with Gasteiger partial charge < -0.3 is 16.4 Å². The average Bonchev–Trinajstić information content (AvgIpc) is 2.77. The van der Waals surface area contributed by atoms with Gasteiger partial charge in [0.05, 0.1) is 11.6 Å². The molecule has 7 nitrogen and oxygen atoms in total. The lowest BCUT2D eigenvalue weighted by atomic mass is 10.1. The summed E-state index contributed by atoms with van der Waals surface area (Å²) in [5, 5.41) is 6.47. The molecule has 3 rings (SSSR count). The molecule has 1 aromatic heterocycles. The number of nitrogens with zero attached hydrogens (tertiary/aromatic N) is 1. The Labute approximate surface area is 181 Å². The molecule has 0 aliphatic carbocycles. The molecule has 31 heavy (non-hydrogen) atoms. The van der Waals surface area contributed by atoms with Crippen molar-refractivity contribution in [1.29, 1.82) is 0 Å². The van der Waals surface area contributed by atoms with E-state index in [0.717, 1.165) is 16.5 Å². The van der Waals surface area contributed by atoms with Crippen molar-refractivity contribution in [3.63, 3.8) is 0 Å². The van der Waals surface area contributed by atoms with Crippen LogP contribution in [0.15, 0.2) is 66.7 Å². The number of rotatable bonds is 9. The van der Waals surface area contributed by atoms with Gasteiger partial charge in [0.25, 0.3) is 0 Å². The van der Waals surface area contributed by atoms with Crippen molar-refractivity contribution in [1.82, 2.24) is 15.6 Å². The van der Waals surface area contributed by atoms with E-state index in [9.17, 15) is 14.4 Å². The van der Waals surface area contributed by atoms with E-state index >= 15 is 0 Å². The third kappa shape index (κ3) is 6.37. The number of fused-ring (bicyclic) bond motifs is 1. The molecule has 4 N–H and O–H groups in total. The number of aromatic nitrogens is 1. The van der Waals surface area contributed by atoms with Gasteiger partial charge in [0, 0.05) is 30.3 Å². The van der Waals surface area contributed by atoms with E-state index in [2.05, 4.69) is 15.6 Å². The third-order valence-electron chi connectivity index (χ3n) is 5.00. The Morgan fingerprint density at radius 3 is 2.23 bits per heavy atom. The summed E-state index contributed by atoms with van der Waals surface area (Å²) in [5.41, 5.74) is 7.91. The van der Waals surface area contributed by atoms with Crippen LogP contribution in [0.5, 0.6) is 0 Å². The highest BCUT2D eigenvalue weighted by Crippen LogP contribution is 2.13. The molecule has 0 radical (unpaired) electrons. The predicted molar refractivity (Wildman–Crippen MR) is 119 cm³/mol. The van der Waals surface area contributed by atoms with Gasteiger partial charge in [-0.2, -0.15) is 0 Å².